The van der Waals surface area contributed by atoms with Gasteiger partial charge in [-0.3, -0.25) is 4.79 Å². The Balaban J connectivity index is 2.18. The first-order chi connectivity index (χ1) is 14.1. The summed E-state index contributed by atoms with van der Waals surface area (Å²) < 4.78 is 0. The Kier molecular flexibility index (Phi) is 8.91. The van der Waals surface area contributed by atoms with Gasteiger partial charge in [-0.05, 0) is 17.2 Å². The Labute approximate surface area is 172 Å². The molecule has 0 saturated heterocycles. The van der Waals surface area contributed by atoms with E-state index in [2.05, 4.69) is 6.58 Å². The predicted octanol–water partition coefficient (Wildman–Crippen LogP) is 4.34. The minimum atomic E-state index is -0.271. The zero-order valence-corrected chi connectivity index (χ0v) is 16.4. The van der Waals surface area contributed by atoms with E-state index in [0.717, 1.165) is 11.1 Å². The van der Waals surface area contributed by atoms with E-state index in [4.69, 9.17) is 5.26 Å². The summed E-state index contributed by atoms with van der Waals surface area (Å²) in [6.45, 7) is 5.34. The molecular weight excluding hydrogens is 362 g/mol. The van der Waals surface area contributed by atoms with Crippen LogP contribution in [0.4, 0.5) is 4.79 Å². The lowest BCUT2D eigenvalue weighted by molar-refractivity contribution is -0.113. The molecule has 0 bridgehead atoms. The highest BCUT2D eigenvalue weighted by Gasteiger charge is 2.20. The van der Waals surface area contributed by atoms with E-state index in [1.54, 1.807) is 22.0 Å². The van der Waals surface area contributed by atoms with Crippen molar-refractivity contribution in [2.75, 3.05) is 13.1 Å². The number of hydrogen-bond acceptors (Lipinski definition) is 3. The molecular formula is C24H25N3O2. The van der Waals surface area contributed by atoms with Gasteiger partial charge in [0.05, 0.1) is 12.5 Å². The summed E-state index contributed by atoms with van der Waals surface area (Å²) in [5.74, 6) is -0.271. The molecule has 5 heteroatoms. The van der Waals surface area contributed by atoms with Crippen molar-refractivity contribution in [3.05, 3.63) is 96.6 Å². The van der Waals surface area contributed by atoms with E-state index in [-0.39, 0.29) is 24.8 Å². The number of amides is 2. The molecule has 0 aliphatic carbocycles. The van der Waals surface area contributed by atoms with Gasteiger partial charge in [0.1, 0.15) is 0 Å². The second kappa shape index (κ2) is 11.9. The topological polar surface area (TPSA) is 64.4 Å². The Hall–Kier alpha value is -3.65. The van der Waals surface area contributed by atoms with Gasteiger partial charge in [0.15, 0.2) is 5.78 Å². The van der Waals surface area contributed by atoms with E-state index in [1.165, 1.54) is 6.08 Å². The second-order valence-electron chi connectivity index (χ2n) is 6.51. The normalized spacial score (nSPS) is 10.3. The molecule has 2 amide bonds. The summed E-state index contributed by atoms with van der Waals surface area (Å²) in [5, 5.41) is 8.61. The summed E-state index contributed by atoms with van der Waals surface area (Å²) >= 11 is 0. The maximum absolute atomic E-state index is 13.3. The third-order valence-electron chi connectivity index (χ3n) is 4.21. The SMILES string of the molecule is C=CCN(Cc1ccccc1)C(=O)N(CC=CC(=O)CC#N)Cc1ccccc1. The molecule has 0 fully saturated rings. The minimum Gasteiger partial charge on any atom is -0.317 e. The largest absolute Gasteiger partial charge is 0.321 e. The van der Waals surface area contributed by atoms with Crippen LogP contribution in [0.1, 0.15) is 17.5 Å². The molecule has 0 saturated carbocycles. The number of rotatable bonds is 10. The molecule has 5 nitrogen and oxygen atoms in total. The lowest BCUT2D eigenvalue weighted by Gasteiger charge is -2.30. The van der Waals surface area contributed by atoms with Crippen molar-refractivity contribution in [3.8, 4) is 6.07 Å². The van der Waals surface area contributed by atoms with Crippen LogP contribution >= 0.6 is 0 Å². The molecule has 0 aromatic heterocycles. The predicted molar refractivity (Wildman–Crippen MR) is 114 cm³/mol. The van der Waals surface area contributed by atoms with Gasteiger partial charge >= 0.3 is 6.03 Å². The molecule has 2 aromatic carbocycles. The van der Waals surface area contributed by atoms with Crippen LogP contribution in [0.5, 0.6) is 0 Å². The van der Waals surface area contributed by atoms with Crippen LogP contribution in [0.2, 0.25) is 0 Å². The summed E-state index contributed by atoms with van der Waals surface area (Å²) in [7, 11) is 0. The number of carbonyl (C=O) groups is 2. The molecule has 0 aliphatic heterocycles. The molecule has 0 atom stereocenters. The number of carbonyl (C=O) groups excluding carboxylic acids is 2. The molecule has 0 aliphatic rings. The summed E-state index contributed by atoms with van der Waals surface area (Å²) in [6, 6.07) is 21.2. The fraction of sp³-hybridized carbons (Fsp3) is 0.208. The van der Waals surface area contributed by atoms with Crippen molar-refractivity contribution in [2.24, 2.45) is 0 Å². The summed E-state index contributed by atoms with van der Waals surface area (Å²) in [5.41, 5.74) is 2.03. The maximum Gasteiger partial charge on any atom is 0.321 e. The average Bonchev–Trinajstić information content (AvgIpc) is 2.74. The zero-order valence-electron chi connectivity index (χ0n) is 16.4. The molecule has 0 spiro atoms. The highest BCUT2D eigenvalue weighted by Crippen LogP contribution is 2.12. The van der Waals surface area contributed by atoms with E-state index >= 15 is 0 Å². The van der Waals surface area contributed by atoms with Crippen molar-refractivity contribution >= 4 is 11.8 Å². The Morgan fingerprint density at radius 3 is 1.90 bits per heavy atom. The molecule has 0 N–H and O–H groups in total. The van der Waals surface area contributed by atoms with Gasteiger partial charge in [-0.1, -0.05) is 72.8 Å². The van der Waals surface area contributed by atoms with Crippen LogP contribution in [-0.2, 0) is 17.9 Å². The molecule has 29 heavy (non-hydrogen) atoms. The highest BCUT2D eigenvalue weighted by atomic mass is 16.2. The zero-order chi connectivity index (χ0) is 20.9. The third-order valence-corrected chi connectivity index (χ3v) is 4.21. The number of urea groups is 1. The van der Waals surface area contributed by atoms with Crippen molar-refractivity contribution in [3.63, 3.8) is 0 Å². The number of allylic oxidation sites excluding steroid dienone is 1. The van der Waals surface area contributed by atoms with Crippen LogP contribution in [0, 0.1) is 11.3 Å². The minimum absolute atomic E-state index is 0.144. The van der Waals surface area contributed by atoms with Gasteiger partial charge in [-0.15, -0.1) is 6.58 Å². The second-order valence-corrected chi connectivity index (χ2v) is 6.51. The third kappa shape index (κ3) is 7.47. The lowest BCUT2D eigenvalue weighted by Crippen LogP contribution is -2.42. The number of ketones is 1. The van der Waals surface area contributed by atoms with Crippen LogP contribution in [-0.4, -0.2) is 34.7 Å². The summed E-state index contributed by atoms with van der Waals surface area (Å²) in [6.07, 6.45) is 4.53. The number of nitriles is 1. The highest BCUT2D eigenvalue weighted by molar-refractivity contribution is 5.91. The quantitative estimate of drug-likeness (QED) is 0.450. The van der Waals surface area contributed by atoms with Crippen LogP contribution < -0.4 is 0 Å². The average molecular weight is 387 g/mol. The van der Waals surface area contributed by atoms with Gasteiger partial charge in [0, 0.05) is 26.2 Å². The summed E-state index contributed by atoms with van der Waals surface area (Å²) in [4.78, 5) is 28.3. The first-order valence-electron chi connectivity index (χ1n) is 9.43. The van der Waals surface area contributed by atoms with E-state index in [9.17, 15) is 9.59 Å². The van der Waals surface area contributed by atoms with E-state index < -0.39 is 0 Å². The Morgan fingerprint density at radius 2 is 1.41 bits per heavy atom. The molecule has 0 unspecified atom stereocenters. The lowest BCUT2D eigenvalue weighted by atomic mass is 10.2. The Morgan fingerprint density at radius 1 is 0.897 bits per heavy atom. The fourth-order valence-electron chi connectivity index (χ4n) is 2.83. The van der Waals surface area contributed by atoms with Gasteiger partial charge in [0.25, 0.3) is 0 Å². The van der Waals surface area contributed by atoms with E-state index in [1.807, 2.05) is 66.7 Å². The Bertz CT molecular complexity index is 870. The van der Waals surface area contributed by atoms with Gasteiger partial charge in [0.2, 0.25) is 0 Å². The first kappa shape index (κ1) is 21.6. The molecule has 2 rings (SSSR count). The molecule has 0 heterocycles. The van der Waals surface area contributed by atoms with Gasteiger partial charge < -0.3 is 9.80 Å². The smallest absolute Gasteiger partial charge is 0.317 e. The van der Waals surface area contributed by atoms with Gasteiger partial charge in [-0.25, -0.2) is 4.79 Å². The number of nitrogens with zero attached hydrogens (tertiary/aromatic N) is 3. The van der Waals surface area contributed by atoms with Crippen LogP contribution in [0.25, 0.3) is 0 Å². The van der Waals surface area contributed by atoms with Gasteiger partial charge in [-0.2, -0.15) is 5.26 Å². The van der Waals surface area contributed by atoms with Crippen molar-refractivity contribution < 1.29 is 9.59 Å². The number of hydrogen-bond donors (Lipinski definition) is 0. The van der Waals surface area contributed by atoms with Crippen LogP contribution in [0.3, 0.4) is 0 Å². The molecule has 0 radical (unpaired) electrons. The van der Waals surface area contributed by atoms with Crippen molar-refractivity contribution in [2.45, 2.75) is 19.5 Å². The van der Waals surface area contributed by atoms with E-state index in [0.29, 0.717) is 19.6 Å². The standard InChI is InChI=1S/C24H25N3O2/c1-2-17-26(19-21-10-5-3-6-11-21)24(29)27(18-9-14-23(28)15-16-25)20-22-12-7-4-8-13-22/h2-14H,1,15,17-20H2. The number of benzene rings is 2. The monoisotopic (exact) mass is 387 g/mol. The molecule has 148 valence electrons. The van der Waals surface area contributed by atoms with Crippen molar-refractivity contribution in [1.29, 1.82) is 5.26 Å². The van der Waals surface area contributed by atoms with Crippen LogP contribution in [0.15, 0.2) is 85.5 Å². The maximum atomic E-state index is 13.3. The van der Waals surface area contributed by atoms with Crippen molar-refractivity contribution in [1.82, 2.24) is 9.80 Å². The first-order valence-corrected chi connectivity index (χ1v) is 9.43. The molecule has 2 aromatic rings. The fourth-order valence-corrected chi connectivity index (χ4v) is 2.83.